The Hall–Kier alpha value is -2.50. The predicted octanol–water partition coefficient (Wildman–Crippen LogP) is -0.478. The van der Waals surface area contributed by atoms with Crippen LogP contribution in [0.15, 0.2) is 30.6 Å². The summed E-state index contributed by atoms with van der Waals surface area (Å²) in [5.74, 6) is -1.54. The van der Waals surface area contributed by atoms with Gasteiger partial charge in [0.2, 0.25) is 10.0 Å². The zero-order chi connectivity index (χ0) is 19.6. The molecule has 0 saturated carbocycles. The molecule has 11 heteroatoms. The van der Waals surface area contributed by atoms with Gasteiger partial charge in [-0.15, -0.1) is 0 Å². The number of hydrogen-bond acceptors (Lipinski definition) is 6. The van der Waals surface area contributed by atoms with Crippen molar-refractivity contribution in [3.05, 3.63) is 36.3 Å². The van der Waals surface area contributed by atoms with Crippen LogP contribution in [-0.4, -0.2) is 89.1 Å². The van der Waals surface area contributed by atoms with Gasteiger partial charge in [-0.1, -0.05) is 6.07 Å². The first kappa shape index (κ1) is 19.3. The molecule has 146 valence electrons. The van der Waals surface area contributed by atoms with Crippen molar-refractivity contribution in [2.45, 2.75) is 6.10 Å². The van der Waals surface area contributed by atoms with E-state index in [-0.39, 0.29) is 31.3 Å². The number of aliphatic carboxylic acids is 1. The lowest BCUT2D eigenvalue weighted by Crippen LogP contribution is -2.51. The second-order valence-corrected chi connectivity index (χ2v) is 8.27. The second-order valence-electron chi connectivity index (χ2n) is 6.29. The maximum absolute atomic E-state index is 12.7. The summed E-state index contributed by atoms with van der Waals surface area (Å²) >= 11 is 0. The zero-order valence-corrected chi connectivity index (χ0v) is 15.5. The number of carboxylic acid groups (broad SMARTS) is 1. The molecule has 1 fully saturated rings. The highest BCUT2D eigenvalue weighted by Gasteiger charge is 2.30. The normalized spacial score (nSPS) is 18.1. The summed E-state index contributed by atoms with van der Waals surface area (Å²) in [6, 6.07) is 5.44. The number of fused-ring (bicyclic) bond motifs is 1. The summed E-state index contributed by atoms with van der Waals surface area (Å²) in [5.41, 5.74) is 0.933. The number of rotatable bonds is 6. The van der Waals surface area contributed by atoms with Crippen LogP contribution in [0.25, 0.3) is 5.65 Å². The molecule has 0 spiro atoms. The van der Waals surface area contributed by atoms with Gasteiger partial charge >= 0.3 is 5.97 Å². The highest BCUT2D eigenvalue weighted by molar-refractivity contribution is 7.88. The topological polar surface area (TPSA) is 122 Å². The van der Waals surface area contributed by atoms with Crippen LogP contribution in [-0.2, 0) is 19.6 Å². The van der Waals surface area contributed by atoms with Gasteiger partial charge in [0.1, 0.15) is 17.9 Å². The average Bonchev–Trinajstić information content (AvgIpc) is 3.04. The summed E-state index contributed by atoms with van der Waals surface area (Å²) in [5, 5.41) is 8.91. The maximum atomic E-state index is 12.7. The molecule has 3 heterocycles. The Bertz CT molecular complexity index is 924. The molecular weight excluding hydrogens is 376 g/mol. The molecule has 0 aromatic carbocycles. The predicted molar refractivity (Wildman–Crippen MR) is 94.9 cm³/mol. The van der Waals surface area contributed by atoms with Crippen molar-refractivity contribution in [1.82, 2.24) is 18.6 Å². The van der Waals surface area contributed by atoms with Gasteiger partial charge in [-0.05, 0) is 12.1 Å². The molecule has 10 nitrogen and oxygen atoms in total. The van der Waals surface area contributed by atoms with E-state index in [9.17, 15) is 18.0 Å². The number of sulfonamides is 1. The van der Waals surface area contributed by atoms with Crippen LogP contribution in [0, 0.1) is 0 Å². The zero-order valence-electron chi connectivity index (χ0n) is 14.7. The third-order valence-electron chi connectivity index (χ3n) is 4.20. The van der Waals surface area contributed by atoms with E-state index < -0.39 is 28.6 Å². The highest BCUT2D eigenvalue weighted by atomic mass is 32.2. The fourth-order valence-electron chi connectivity index (χ4n) is 2.91. The number of amides is 1. The monoisotopic (exact) mass is 396 g/mol. The van der Waals surface area contributed by atoms with Gasteiger partial charge in [0.05, 0.1) is 19.0 Å². The van der Waals surface area contributed by atoms with E-state index in [1.807, 2.05) is 12.1 Å². The minimum atomic E-state index is -3.71. The van der Waals surface area contributed by atoms with Crippen LogP contribution in [0.1, 0.15) is 10.5 Å². The van der Waals surface area contributed by atoms with Gasteiger partial charge in [0.15, 0.2) is 0 Å². The molecule has 1 amide bonds. The lowest BCUT2D eigenvalue weighted by molar-refractivity contribution is -0.137. The summed E-state index contributed by atoms with van der Waals surface area (Å²) in [6.45, 7) is -0.0625. The van der Waals surface area contributed by atoms with Gasteiger partial charge < -0.3 is 19.1 Å². The molecule has 1 atom stereocenters. The molecule has 27 heavy (non-hydrogen) atoms. The Morgan fingerprint density at radius 3 is 2.85 bits per heavy atom. The second kappa shape index (κ2) is 7.62. The molecule has 0 aliphatic carbocycles. The van der Waals surface area contributed by atoms with E-state index in [1.54, 1.807) is 22.9 Å². The van der Waals surface area contributed by atoms with Crippen molar-refractivity contribution in [2.24, 2.45) is 0 Å². The molecule has 1 aliphatic rings. The number of morpholine rings is 1. The summed E-state index contributed by atoms with van der Waals surface area (Å²) in [4.78, 5) is 29.5. The SMILES string of the molecule is CS(=O)(=O)N(CC(=O)O)C[C@H]1CN(C(=O)c2cn3ccccc3n2)CCO1. The van der Waals surface area contributed by atoms with Crippen LogP contribution < -0.4 is 0 Å². The van der Waals surface area contributed by atoms with E-state index in [0.717, 1.165) is 10.6 Å². The van der Waals surface area contributed by atoms with Gasteiger partial charge in [-0.25, -0.2) is 13.4 Å². The van der Waals surface area contributed by atoms with Crippen LogP contribution in [0.5, 0.6) is 0 Å². The Morgan fingerprint density at radius 2 is 2.19 bits per heavy atom. The lowest BCUT2D eigenvalue weighted by atomic mass is 10.2. The third kappa shape index (κ3) is 4.62. The van der Waals surface area contributed by atoms with Crippen LogP contribution in [0.4, 0.5) is 0 Å². The van der Waals surface area contributed by atoms with E-state index in [4.69, 9.17) is 9.84 Å². The first-order valence-corrected chi connectivity index (χ1v) is 10.1. The third-order valence-corrected chi connectivity index (χ3v) is 5.41. The number of carbonyl (C=O) groups is 2. The molecule has 2 aromatic rings. The lowest BCUT2D eigenvalue weighted by Gasteiger charge is -2.34. The smallest absolute Gasteiger partial charge is 0.318 e. The fourth-order valence-corrected chi connectivity index (χ4v) is 3.69. The quantitative estimate of drug-likeness (QED) is 0.700. The maximum Gasteiger partial charge on any atom is 0.318 e. The average molecular weight is 396 g/mol. The standard InChI is InChI=1S/C16H20N4O6S/c1-27(24,25)20(11-15(21)22)9-12-8-19(6-7-26-12)16(23)13-10-18-5-3-2-4-14(18)17-13/h2-5,10,12H,6-9,11H2,1H3,(H,21,22)/t12-/m1/s1. The molecule has 3 rings (SSSR count). The molecule has 0 unspecified atom stereocenters. The number of pyridine rings is 1. The van der Waals surface area contributed by atoms with Crippen molar-refractivity contribution in [1.29, 1.82) is 0 Å². The number of ether oxygens (including phenoxy) is 1. The number of aromatic nitrogens is 2. The van der Waals surface area contributed by atoms with Crippen LogP contribution in [0.2, 0.25) is 0 Å². The Labute approximate surface area is 156 Å². The largest absolute Gasteiger partial charge is 0.480 e. The van der Waals surface area contributed by atoms with E-state index in [1.165, 1.54) is 4.90 Å². The van der Waals surface area contributed by atoms with Gasteiger partial charge in [-0.3, -0.25) is 9.59 Å². The summed E-state index contributed by atoms with van der Waals surface area (Å²) in [6.07, 6.45) is 3.75. The number of nitrogens with zero attached hydrogens (tertiary/aromatic N) is 4. The molecule has 1 N–H and O–H groups in total. The highest BCUT2D eigenvalue weighted by Crippen LogP contribution is 2.13. The number of hydrogen-bond donors (Lipinski definition) is 1. The first-order chi connectivity index (χ1) is 12.7. The fraction of sp³-hybridized carbons (Fsp3) is 0.438. The molecule has 1 aliphatic heterocycles. The Kier molecular flexibility index (Phi) is 5.44. The first-order valence-electron chi connectivity index (χ1n) is 8.25. The van der Waals surface area contributed by atoms with Crippen molar-refractivity contribution >= 4 is 27.5 Å². The molecule has 0 radical (unpaired) electrons. The van der Waals surface area contributed by atoms with E-state index in [2.05, 4.69) is 4.98 Å². The van der Waals surface area contributed by atoms with Crippen molar-refractivity contribution < 1.29 is 27.9 Å². The van der Waals surface area contributed by atoms with E-state index >= 15 is 0 Å². The van der Waals surface area contributed by atoms with Crippen LogP contribution >= 0.6 is 0 Å². The number of carboxylic acids is 1. The molecule has 1 saturated heterocycles. The number of carbonyl (C=O) groups excluding carboxylic acids is 1. The summed E-state index contributed by atoms with van der Waals surface area (Å²) < 4.78 is 31.7. The molecular formula is C16H20N4O6S. The van der Waals surface area contributed by atoms with Crippen molar-refractivity contribution in [3.63, 3.8) is 0 Å². The van der Waals surface area contributed by atoms with E-state index in [0.29, 0.717) is 12.2 Å². The number of imidazole rings is 1. The molecule has 2 aromatic heterocycles. The summed E-state index contributed by atoms with van der Waals surface area (Å²) in [7, 11) is -3.71. The van der Waals surface area contributed by atoms with Gasteiger partial charge in [0, 0.05) is 32.0 Å². The Balaban J connectivity index is 1.71. The van der Waals surface area contributed by atoms with Crippen molar-refractivity contribution in [3.8, 4) is 0 Å². The van der Waals surface area contributed by atoms with Crippen LogP contribution in [0.3, 0.4) is 0 Å². The minimum Gasteiger partial charge on any atom is -0.480 e. The van der Waals surface area contributed by atoms with Gasteiger partial charge in [0.25, 0.3) is 5.91 Å². The minimum absolute atomic E-state index is 0.139. The van der Waals surface area contributed by atoms with Gasteiger partial charge in [-0.2, -0.15) is 4.31 Å². The van der Waals surface area contributed by atoms with Crippen molar-refractivity contribution in [2.75, 3.05) is 39.0 Å². The molecule has 0 bridgehead atoms. The Morgan fingerprint density at radius 1 is 1.41 bits per heavy atom.